The van der Waals surface area contributed by atoms with E-state index in [9.17, 15) is 0 Å². The van der Waals surface area contributed by atoms with Crippen LogP contribution >= 0.6 is 11.6 Å². The lowest BCUT2D eigenvalue weighted by Crippen LogP contribution is -2.10. The first kappa shape index (κ1) is 15.9. The fourth-order valence-electron chi connectivity index (χ4n) is 2.24. The summed E-state index contributed by atoms with van der Waals surface area (Å²) < 4.78 is 5.46. The van der Waals surface area contributed by atoms with Gasteiger partial charge in [-0.2, -0.15) is 0 Å². The van der Waals surface area contributed by atoms with Crippen LogP contribution in [-0.4, -0.2) is 6.61 Å². The van der Waals surface area contributed by atoms with E-state index in [-0.39, 0.29) is 10.8 Å². The smallest absolute Gasteiger partial charge is 0.119 e. The first-order valence-corrected chi connectivity index (χ1v) is 7.82. The van der Waals surface area contributed by atoms with Crippen LogP contribution in [0.4, 0.5) is 0 Å². The van der Waals surface area contributed by atoms with Crippen molar-refractivity contribution in [1.29, 1.82) is 0 Å². The molecular formula is C19H23ClO. The van der Waals surface area contributed by atoms with E-state index < -0.39 is 0 Å². The molecule has 2 rings (SSSR count). The second kappa shape index (κ2) is 6.53. The fraction of sp³-hybridized carbons (Fsp3) is 0.368. The first-order valence-electron chi connectivity index (χ1n) is 7.39. The molecule has 0 N–H and O–H groups in total. The summed E-state index contributed by atoms with van der Waals surface area (Å²) in [5, 5.41) is -0.130. The highest BCUT2D eigenvalue weighted by atomic mass is 35.5. The van der Waals surface area contributed by atoms with Gasteiger partial charge >= 0.3 is 0 Å². The van der Waals surface area contributed by atoms with Crippen molar-refractivity contribution in [2.24, 2.45) is 0 Å². The maximum Gasteiger partial charge on any atom is 0.119 e. The molecule has 0 aliphatic carbocycles. The molecule has 0 bridgehead atoms. The van der Waals surface area contributed by atoms with E-state index >= 15 is 0 Å². The number of hydrogen-bond donors (Lipinski definition) is 0. The lowest BCUT2D eigenvalue weighted by molar-refractivity contribution is 0.340. The van der Waals surface area contributed by atoms with Crippen molar-refractivity contribution >= 4 is 11.6 Å². The summed E-state index contributed by atoms with van der Waals surface area (Å²) in [6, 6.07) is 16.6. The van der Waals surface area contributed by atoms with Crippen molar-refractivity contribution in [3.63, 3.8) is 0 Å². The Morgan fingerprint density at radius 1 is 0.905 bits per heavy atom. The van der Waals surface area contributed by atoms with Crippen LogP contribution in [0.2, 0.25) is 0 Å². The molecule has 0 aliphatic heterocycles. The summed E-state index contributed by atoms with van der Waals surface area (Å²) in [4.78, 5) is 0. The molecule has 1 atom stereocenters. The summed E-state index contributed by atoms with van der Waals surface area (Å²) in [6.07, 6.45) is 0. The van der Waals surface area contributed by atoms with E-state index in [0.29, 0.717) is 6.61 Å². The lowest BCUT2D eigenvalue weighted by atomic mass is 9.86. The van der Waals surface area contributed by atoms with Gasteiger partial charge in [-0.3, -0.25) is 0 Å². The minimum atomic E-state index is -0.130. The van der Waals surface area contributed by atoms with Crippen LogP contribution in [0.1, 0.15) is 49.8 Å². The van der Waals surface area contributed by atoms with E-state index in [1.54, 1.807) is 0 Å². The van der Waals surface area contributed by atoms with Crippen LogP contribution in [0, 0.1) is 0 Å². The number of ether oxygens (including phenoxy) is 1. The third-order valence-electron chi connectivity index (χ3n) is 3.55. The fourth-order valence-corrected chi connectivity index (χ4v) is 2.54. The Morgan fingerprint density at radius 2 is 1.38 bits per heavy atom. The third kappa shape index (κ3) is 4.01. The van der Waals surface area contributed by atoms with Gasteiger partial charge in [0.2, 0.25) is 0 Å². The van der Waals surface area contributed by atoms with Gasteiger partial charge in [-0.05, 0) is 41.2 Å². The summed E-state index contributed by atoms with van der Waals surface area (Å²) in [6.45, 7) is 9.30. The second-order valence-electron chi connectivity index (χ2n) is 6.24. The predicted molar refractivity (Wildman–Crippen MR) is 90.4 cm³/mol. The van der Waals surface area contributed by atoms with Gasteiger partial charge in [-0.1, -0.05) is 57.2 Å². The van der Waals surface area contributed by atoms with Gasteiger partial charge in [0.25, 0.3) is 0 Å². The molecule has 1 unspecified atom stereocenters. The topological polar surface area (TPSA) is 9.23 Å². The van der Waals surface area contributed by atoms with Crippen molar-refractivity contribution in [2.75, 3.05) is 6.61 Å². The normalized spacial score (nSPS) is 13.0. The van der Waals surface area contributed by atoms with Crippen molar-refractivity contribution in [2.45, 2.75) is 38.5 Å². The first-order chi connectivity index (χ1) is 9.91. The Hall–Kier alpha value is -1.47. The molecule has 0 heterocycles. The quantitative estimate of drug-likeness (QED) is 0.657. The zero-order valence-electron chi connectivity index (χ0n) is 13.2. The van der Waals surface area contributed by atoms with Gasteiger partial charge in [0.15, 0.2) is 0 Å². The highest BCUT2D eigenvalue weighted by molar-refractivity contribution is 6.22. The van der Waals surface area contributed by atoms with E-state index in [4.69, 9.17) is 16.3 Å². The third-order valence-corrected chi connectivity index (χ3v) is 4.06. The Labute approximate surface area is 132 Å². The SMILES string of the molecule is CCOc1ccc(C(Cl)c2ccc(C(C)(C)C)cc2)cc1. The maximum absolute atomic E-state index is 6.59. The summed E-state index contributed by atoms with van der Waals surface area (Å²) in [5.74, 6) is 0.883. The van der Waals surface area contributed by atoms with Gasteiger partial charge in [0.05, 0.1) is 12.0 Å². The molecule has 1 nitrogen and oxygen atoms in total. The average molecular weight is 303 g/mol. The summed E-state index contributed by atoms with van der Waals surface area (Å²) in [7, 11) is 0. The molecule has 0 radical (unpaired) electrons. The number of rotatable bonds is 4. The zero-order valence-corrected chi connectivity index (χ0v) is 13.9. The molecule has 0 aliphatic rings. The van der Waals surface area contributed by atoms with E-state index in [0.717, 1.165) is 16.9 Å². The average Bonchev–Trinajstić information content (AvgIpc) is 2.47. The summed E-state index contributed by atoms with van der Waals surface area (Å²) >= 11 is 6.59. The number of alkyl halides is 1. The molecule has 0 amide bonds. The van der Waals surface area contributed by atoms with E-state index in [1.165, 1.54) is 5.56 Å². The molecule has 0 saturated heterocycles. The van der Waals surface area contributed by atoms with E-state index in [2.05, 4.69) is 45.0 Å². The van der Waals surface area contributed by atoms with Gasteiger partial charge in [0.1, 0.15) is 5.75 Å². The molecule has 0 aromatic heterocycles. The maximum atomic E-state index is 6.59. The van der Waals surface area contributed by atoms with Crippen LogP contribution < -0.4 is 4.74 Å². The monoisotopic (exact) mass is 302 g/mol. The molecule has 2 aromatic rings. The van der Waals surface area contributed by atoms with Crippen molar-refractivity contribution in [3.05, 3.63) is 65.2 Å². The van der Waals surface area contributed by atoms with Gasteiger partial charge < -0.3 is 4.74 Å². The standard InChI is InChI=1S/C19H23ClO/c1-5-21-17-12-8-15(9-13-17)18(20)14-6-10-16(11-7-14)19(2,3)4/h6-13,18H,5H2,1-4H3. The zero-order chi connectivity index (χ0) is 15.5. The number of benzene rings is 2. The molecule has 0 saturated carbocycles. The van der Waals surface area contributed by atoms with Crippen LogP contribution in [-0.2, 0) is 5.41 Å². The minimum Gasteiger partial charge on any atom is -0.494 e. The van der Waals surface area contributed by atoms with Crippen LogP contribution in [0.25, 0.3) is 0 Å². The Morgan fingerprint density at radius 3 is 1.81 bits per heavy atom. The van der Waals surface area contributed by atoms with Crippen LogP contribution in [0.15, 0.2) is 48.5 Å². The van der Waals surface area contributed by atoms with Gasteiger partial charge in [0, 0.05) is 0 Å². The lowest BCUT2D eigenvalue weighted by Gasteiger charge is -2.20. The van der Waals surface area contributed by atoms with Crippen LogP contribution in [0.3, 0.4) is 0 Å². The minimum absolute atomic E-state index is 0.130. The largest absolute Gasteiger partial charge is 0.494 e. The molecular weight excluding hydrogens is 280 g/mol. The van der Waals surface area contributed by atoms with Gasteiger partial charge in [-0.25, -0.2) is 0 Å². The summed E-state index contributed by atoms with van der Waals surface area (Å²) in [5.41, 5.74) is 3.69. The predicted octanol–water partition coefficient (Wildman–Crippen LogP) is 5.71. The molecule has 0 spiro atoms. The molecule has 0 fully saturated rings. The molecule has 21 heavy (non-hydrogen) atoms. The molecule has 112 valence electrons. The van der Waals surface area contributed by atoms with E-state index in [1.807, 2.05) is 31.2 Å². The number of halogens is 1. The molecule has 2 heteroatoms. The Balaban J connectivity index is 2.17. The highest BCUT2D eigenvalue weighted by Crippen LogP contribution is 2.31. The van der Waals surface area contributed by atoms with Crippen molar-refractivity contribution < 1.29 is 4.74 Å². The highest BCUT2D eigenvalue weighted by Gasteiger charge is 2.15. The Bertz CT molecular complexity index is 564. The van der Waals surface area contributed by atoms with Gasteiger partial charge in [-0.15, -0.1) is 11.6 Å². The van der Waals surface area contributed by atoms with Crippen LogP contribution in [0.5, 0.6) is 5.75 Å². The Kier molecular flexibility index (Phi) is 4.95. The second-order valence-corrected chi connectivity index (χ2v) is 6.67. The number of hydrogen-bond acceptors (Lipinski definition) is 1. The van der Waals surface area contributed by atoms with Crippen molar-refractivity contribution in [3.8, 4) is 5.75 Å². The molecule has 2 aromatic carbocycles. The van der Waals surface area contributed by atoms with Crippen molar-refractivity contribution in [1.82, 2.24) is 0 Å².